The summed E-state index contributed by atoms with van der Waals surface area (Å²) in [6, 6.07) is 40.3. The van der Waals surface area contributed by atoms with E-state index in [2.05, 4.69) is 139 Å². The van der Waals surface area contributed by atoms with E-state index in [9.17, 15) is 5.26 Å². The van der Waals surface area contributed by atoms with Crippen molar-refractivity contribution in [1.29, 1.82) is 5.26 Å². The number of rotatable bonds is 7. The monoisotopic (exact) mass is 951 g/mol. The van der Waals surface area contributed by atoms with Gasteiger partial charge in [0.2, 0.25) is 0 Å². The first-order chi connectivity index (χ1) is 35.2. The summed E-state index contributed by atoms with van der Waals surface area (Å²) in [7, 11) is 0. The molecule has 0 unspecified atom stereocenters. The molecule has 0 aliphatic heterocycles. The highest BCUT2D eigenvalue weighted by molar-refractivity contribution is 6.13. The van der Waals surface area contributed by atoms with E-state index in [1.54, 1.807) is 0 Å². The van der Waals surface area contributed by atoms with Crippen LogP contribution in [0.25, 0.3) is 112 Å². The summed E-state index contributed by atoms with van der Waals surface area (Å²) in [5.41, 5.74) is 12.5. The number of nitriles is 1. The molecule has 352 valence electrons. The van der Waals surface area contributed by atoms with Crippen LogP contribution >= 0.6 is 0 Å². The van der Waals surface area contributed by atoms with Crippen molar-refractivity contribution in [1.82, 2.24) is 68.9 Å². The third kappa shape index (κ3) is 7.85. The van der Waals surface area contributed by atoms with Crippen molar-refractivity contribution < 1.29 is 0 Å². The van der Waals surface area contributed by atoms with Crippen LogP contribution in [0.2, 0.25) is 0 Å². The van der Waals surface area contributed by atoms with E-state index in [4.69, 9.17) is 39.9 Å². The molecule has 0 bridgehead atoms. The summed E-state index contributed by atoms with van der Waals surface area (Å²) in [5, 5.41) is 14.5. The Kier molecular flexibility index (Phi) is 10.5. The molecule has 0 fully saturated rings. The summed E-state index contributed by atoms with van der Waals surface area (Å²) in [6.45, 7) is 17.2. The van der Waals surface area contributed by atoms with Gasteiger partial charge >= 0.3 is 0 Å². The van der Waals surface area contributed by atoms with E-state index in [-0.39, 0.29) is 0 Å². The van der Waals surface area contributed by atoms with E-state index in [1.807, 2.05) is 67.5 Å². The predicted molar refractivity (Wildman–Crippen MR) is 283 cm³/mol. The maximum absolute atomic E-state index is 10.6. The molecule has 15 nitrogen and oxygen atoms in total. The molecule has 12 rings (SSSR count). The number of aromatic nitrogens is 14. The molecular weight excluding hydrogens is 907 g/mol. The first kappa shape index (κ1) is 44.6. The Labute approximate surface area is 419 Å². The first-order valence-electron chi connectivity index (χ1n) is 23.9. The van der Waals surface area contributed by atoms with Crippen molar-refractivity contribution in [2.45, 2.75) is 62.3 Å². The van der Waals surface area contributed by atoms with Gasteiger partial charge in [-0.2, -0.15) is 5.26 Å². The molecule has 15 heteroatoms. The van der Waals surface area contributed by atoms with Crippen LogP contribution in [-0.2, 0) is 0 Å². The van der Waals surface area contributed by atoms with Gasteiger partial charge in [0.25, 0.3) is 0 Å². The maximum atomic E-state index is 10.6. The number of aryl methyl sites for hydroxylation is 9. The standard InChI is InChI=1S/C58H45N15/c1-29-10-16-43(54(22-29)73-52-20-14-41(57-68-34(6)62-35(7)69-57)26-47(52)48-27-42(15-21-53(48)73)58-70-36(8)63-37(9)71-58)44-23-38(28-59)11-17-49(44)72-50-18-12-39(55-64-30(2)60-31(3)65-55)24-45(50)46-25-40(13-19-51(46)72)56-66-32(4)61-33(5)67-56/h10-27H,1-9H3. The molecule has 0 saturated carbocycles. The van der Waals surface area contributed by atoms with Gasteiger partial charge in [-0.3, -0.25) is 0 Å². The van der Waals surface area contributed by atoms with Crippen molar-refractivity contribution in [2.75, 3.05) is 0 Å². The second kappa shape index (κ2) is 17.1. The van der Waals surface area contributed by atoms with Crippen LogP contribution in [0, 0.1) is 73.6 Å². The van der Waals surface area contributed by atoms with Crippen molar-refractivity contribution in [3.8, 4) is 74.1 Å². The fraction of sp³-hybridized carbons (Fsp3) is 0.155. The predicted octanol–water partition coefficient (Wildman–Crippen LogP) is 11.6. The van der Waals surface area contributed by atoms with Gasteiger partial charge in [0, 0.05) is 54.9 Å². The first-order valence-corrected chi connectivity index (χ1v) is 23.9. The van der Waals surface area contributed by atoms with E-state index >= 15 is 0 Å². The number of nitrogens with zero attached hydrogens (tertiary/aromatic N) is 15. The highest BCUT2D eigenvalue weighted by Crippen LogP contribution is 2.44. The van der Waals surface area contributed by atoms with Crippen LogP contribution in [0.4, 0.5) is 0 Å². The van der Waals surface area contributed by atoms with Gasteiger partial charge in [0.1, 0.15) is 46.6 Å². The van der Waals surface area contributed by atoms with E-state index in [0.717, 1.165) is 93.9 Å². The third-order valence-corrected chi connectivity index (χ3v) is 13.0. The van der Waals surface area contributed by atoms with Gasteiger partial charge in [-0.05, 0) is 165 Å². The molecule has 0 amide bonds. The summed E-state index contributed by atoms with van der Waals surface area (Å²) < 4.78 is 4.60. The lowest BCUT2D eigenvalue weighted by Gasteiger charge is -2.19. The average Bonchev–Trinajstić information content (AvgIpc) is 3.86. The fourth-order valence-electron chi connectivity index (χ4n) is 10.2. The Balaban J connectivity index is 1.13. The van der Waals surface area contributed by atoms with Crippen LogP contribution in [0.3, 0.4) is 0 Å². The van der Waals surface area contributed by atoms with Crippen LogP contribution in [-0.4, -0.2) is 68.9 Å². The quantitative estimate of drug-likeness (QED) is 0.147. The lowest BCUT2D eigenvalue weighted by Crippen LogP contribution is -2.03. The third-order valence-electron chi connectivity index (χ3n) is 13.0. The van der Waals surface area contributed by atoms with Crippen molar-refractivity contribution in [2.24, 2.45) is 0 Å². The Hall–Kier alpha value is -9.55. The zero-order valence-corrected chi connectivity index (χ0v) is 41.6. The van der Waals surface area contributed by atoms with Gasteiger partial charge in [-0.25, -0.2) is 59.8 Å². The Morgan fingerprint density at radius 1 is 0.315 bits per heavy atom. The molecule has 0 aliphatic rings. The minimum absolute atomic E-state index is 0.527. The zero-order chi connectivity index (χ0) is 50.4. The largest absolute Gasteiger partial charge is 0.309 e. The van der Waals surface area contributed by atoms with Gasteiger partial charge in [-0.1, -0.05) is 12.1 Å². The van der Waals surface area contributed by atoms with E-state index in [1.165, 1.54) is 0 Å². The lowest BCUT2D eigenvalue weighted by atomic mass is 9.97. The normalized spacial score (nSPS) is 11.6. The fourth-order valence-corrected chi connectivity index (χ4v) is 10.2. The number of hydrogen-bond donors (Lipinski definition) is 0. The molecule has 6 aromatic heterocycles. The van der Waals surface area contributed by atoms with Crippen molar-refractivity contribution in [3.05, 3.63) is 167 Å². The van der Waals surface area contributed by atoms with Crippen LogP contribution < -0.4 is 0 Å². The second-order valence-corrected chi connectivity index (χ2v) is 18.5. The Morgan fingerprint density at radius 2 is 0.644 bits per heavy atom. The zero-order valence-electron chi connectivity index (χ0n) is 41.6. The smallest absolute Gasteiger partial charge is 0.163 e. The highest BCUT2D eigenvalue weighted by atomic mass is 15.1. The summed E-state index contributed by atoms with van der Waals surface area (Å²) >= 11 is 0. The minimum atomic E-state index is 0.527. The van der Waals surface area contributed by atoms with Gasteiger partial charge < -0.3 is 9.13 Å². The molecule has 0 aliphatic carbocycles. The summed E-state index contributed by atoms with van der Waals surface area (Å²) in [5.74, 6) is 7.59. The van der Waals surface area contributed by atoms with Crippen molar-refractivity contribution >= 4 is 43.6 Å². The average molecular weight is 952 g/mol. The summed E-state index contributed by atoms with van der Waals surface area (Å²) in [4.78, 5) is 55.8. The van der Waals surface area contributed by atoms with Gasteiger partial charge in [0.15, 0.2) is 23.3 Å². The molecule has 6 heterocycles. The minimum Gasteiger partial charge on any atom is -0.309 e. The van der Waals surface area contributed by atoms with E-state index < -0.39 is 0 Å². The Bertz CT molecular complexity index is 4050. The molecule has 6 aromatic carbocycles. The molecule has 12 aromatic rings. The SMILES string of the molecule is Cc1ccc(-c2cc(C#N)ccc2-n2c3ccc(-c4nc(C)nc(C)n4)cc3c3cc(-c4nc(C)nc(C)n4)ccc32)c(-n2c3ccc(-c4nc(C)nc(C)n4)cc3c3cc(-c4nc(C)nc(C)n4)ccc32)c1. The summed E-state index contributed by atoms with van der Waals surface area (Å²) in [6.07, 6.45) is 0. The molecule has 0 atom stereocenters. The second-order valence-electron chi connectivity index (χ2n) is 18.5. The maximum Gasteiger partial charge on any atom is 0.163 e. The van der Waals surface area contributed by atoms with Gasteiger partial charge in [-0.15, -0.1) is 0 Å². The van der Waals surface area contributed by atoms with Crippen LogP contribution in [0.15, 0.2) is 109 Å². The topological polar surface area (TPSA) is 188 Å². The molecule has 0 saturated heterocycles. The molecule has 0 spiro atoms. The Morgan fingerprint density at radius 3 is 0.973 bits per heavy atom. The van der Waals surface area contributed by atoms with Crippen LogP contribution in [0.1, 0.15) is 57.7 Å². The lowest BCUT2D eigenvalue weighted by molar-refractivity contribution is 0.928. The molecule has 0 radical (unpaired) electrons. The molecular formula is C58H45N15. The number of hydrogen-bond acceptors (Lipinski definition) is 13. The number of fused-ring (bicyclic) bond motifs is 6. The van der Waals surface area contributed by atoms with Crippen molar-refractivity contribution in [3.63, 3.8) is 0 Å². The number of benzene rings is 6. The van der Waals surface area contributed by atoms with Gasteiger partial charge in [0.05, 0.1) is 45.1 Å². The van der Waals surface area contributed by atoms with E-state index in [0.29, 0.717) is 75.5 Å². The molecule has 73 heavy (non-hydrogen) atoms. The van der Waals surface area contributed by atoms with Crippen LogP contribution in [0.5, 0.6) is 0 Å². The molecule has 0 N–H and O–H groups in total. The highest BCUT2D eigenvalue weighted by Gasteiger charge is 2.24.